The number of aliphatic hydroxyl groups excluding tert-OH is 1. The standard InChI is InChI=1S/C33H49FN6O3S.C33H47FN6O3S.2CH4/c2*1-23-21-38(33(4)12-16-37(17-13-33)32(41)30-24(2)35-22-36-25(30)3)18-19-40(23)31(27-6-5-7-28(34)20-27)26-10-14-39(15-11-26)44(42,43)29-8-9-29;;/h5-7,20,22-23,26,29,31-32,41H,8-19,21H2,1-4H3;5-7,20,22-23,26,29,31H,8-19,21H2,1-4H3;2*1H4/t23-,31+,32+;23-,31+;;/m00../s1. The van der Waals surface area contributed by atoms with Gasteiger partial charge < -0.3 is 10.0 Å². The van der Waals surface area contributed by atoms with Crippen LogP contribution in [-0.2, 0) is 20.0 Å². The summed E-state index contributed by atoms with van der Waals surface area (Å²) in [5.74, 6) is 0.103. The molecule has 6 aliphatic heterocycles. The molecule has 5 atom stereocenters. The van der Waals surface area contributed by atoms with Gasteiger partial charge in [0.05, 0.1) is 27.5 Å². The van der Waals surface area contributed by atoms with Gasteiger partial charge in [0.15, 0.2) is 0 Å². The van der Waals surface area contributed by atoms with Crippen molar-refractivity contribution in [1.29, 1.82) is 0 Å². The minimum absolute atomic E-state index is 0. The number of carbonyl (C=O) groups excluding carboxylic acids is 1. The number of hydrogen-bond acceptors (Lipinski definition) is 15. The van der Waals surface area contributed by atoms with Gasteiger partial charge >= 0.3 is 0 Å². The summed E-state index contributed by atoms with van der Waals surface area (Å²) in [5, 5.41) is 10.9. The van der Waals surface area contributed by atoms with Gasteiger partial charge in [-0.25, -0.2) is 54.2 Å². The number of benzene rings is 2. The Balaban J connectivity index is 0.000000209. The number of aromatic nitrogens is 4. The lowest BCUT2D eigenvalue weighted by Crippen LogP contribution is -2.63. The van der Waals surface area contributed by atoms with Crippen molar-refractivity contribution in [3.63, 3.8) is 0 Å². The second-order valence-electron chi connectivity index (χ2n) is 27.6. The fourth-order valence-electron chi connectivity index (χ4n) is 15.9. The van der Waals surface area contributed by atoms with E-state index in [1.54, 1.807) is 39.2 Å². The first-order valence-corrected chi connectivity index (χ1v) is 35.7. The number of carbonyl (C=O) groups is 1. The van der Waals surface area contributed by atoms with Crippen molar-refractivity contribution in [2.75, 3.05) is 91.6 Å². The molecule has 22 heteroatoms. The molecule has 90 heavy (non-hydrogen) atoms. The van der Waals surface area contributed by atoms with E-state index in [-0.39, 0.29) is 90.0 Å². The Morgan fingerprint density at radius 2 is 0.922 bits per heavy atom. The molecule has 0 unspecified atom stereocenters. The van der Waals surface area contributed by atoms with Crippen LogP contribution >= 0.6 is 0 Å². The minimum Gasteiger partial charge on any atom is -0.374 e. The highest BCUT2D eigenvalue weighted by Gasteiger charge is 2.48. The Morgan fingerprint density at radius 3 is 1.29 bits per heavy atom. The summed E-state index contributed by atoms with van der Waals surface area (Å²) in [7, 11) is -6.35. The first-order valence-electron chi connectivity index (χ1n) is 32.7. The molecule has 8 heterocycles. The smallest absolute Gasteiger partial charge is 0.257 e. The molecule has 498 valence electrons. The van der Waals surface area contributed by atoms with Crippen molar-refractivity contribution in [3.05, 3.63) is 118 Å². The normalized spacial score (nSPS) is 25.3. The van der Waals surface area contributed by atoms with Crippen LogP contribution in [0.2, 0.25) is 0 Å². The van der Waals surface area contributed by atoms with E-state index in [9.17, 15) is 35.5 Å². The van der Waals surface area contributed by atoms with Crippen molar-refractivity contribution in [2.24, 2.45) is 11.8 Å². The van der Waals surface area contributed by atoms with Crippen LogP contribution in [0.15, 0.2) is 61.2 Å². The zero-order chi connectivity index (χ0) is 62.5. The number of sulfonamides is 2. The lowest BCUT2D eigenvalue weighted by molar-refractivity contribution is -0.0738. The fraction of sp³-hybridized carbons (Fsp3) is 0.691. The molecule has 8 aliphatic rings. The Labute approximate surface area is 537 Å². The highest BCUT2D eigenvalue weighted by Crippen LogP contribution is 2.45. The molecule has 2 aliphatic carbocycles. The van der Waals surface area contributed by atoms with Gasteiger partial charge in [0.1, 0.15) is 30.5 Å². The zero-order valence-electron chi connectivity index (χ0n) is 53.3. The van der Waals surface area contributed by atoms with Gasteiger partial charge in [-0.15, -0.1) is 0 Å². The third-order valence-electron chi connectivity index (χ3n) is 21.8. The van der Waals surface area contributed by atoms with Gasteiger partial charge in [0.2, 0.25) is 20.0 Å². The monoisotopic (exact) mass is 1290 g/mol. The molecule has 1 N–H and O–H groups in total. The van der Waals surface area contributed by atoms with Gasteiger partial charge in [-0.05, 0) is 180 Å². The Kier molecular flexibility index (Phi) is 22.2. The van der Waals surface area contributed by atoms with E-state index >= 15 is 0 Å². The highest BCUT2D eigenvalue weighted by atomic mass is 32.2. The summed E-state index contributed by atoms with van der Waals surface area (Å²) in [6, 6.07) is 14.6. The number of hydrogen-bond donors (Lipinski definition) is 1. The Morgan fingerprint density at radius 1 is 0.544 bits per heavy atom. The maximum absolute atomic E-state index is 14.5. The number of nitrogens with zero attached hydrogens (tertiary/aromatic N) is 12. The van der Waals surface area contributed by atoms with E-state index in [2.05, 4.69) is 72.1 Å². The Hall–Kier alpha value is -4.49. The van der Waals surface area contributed by atoms with Crippen molar-refractivity contribution in [2.45, 2.75) is 199 Å². The quantitative estimate of drug-likeness (QED) is 0.119. The molecule has 8 fully saturated rings. The zero-order valence-corrected chi connectivity index (χ0v) is 54.9. The van der Waals surface area contributed by atoms with E-state index in [4.69, 9.17) is 0 Å². The number of halogens is 2. The summed E-state index contributed by atoms with van der Waals surface area (Å²) in [5.41, 5.74) is 6.55. The van der Waals surface area contributed by atoms with Gasteiger partial charge in [0.25, 0.3) is 5.91 Å². The summed E-state index contributed by atoms with van der Waals surface area (Å²) in [6.07, 6.45) is 12.4. The number of amides is 1. The molecular weight excluding hydrogens is 1180 g/mol. The van der Waals surface area contributed by atoms with Crippen molar-refractivity contribution < 1.29 is 35.5 Å². The number of rotatable bonds is 15. The summed E-state index contributed by atoms with van der Waals surface area (Å²) in [6.45, 7) is 27.4. The molecule has 2 aromatic heterocycles. The average Bonchev–Trinajstić information content (AvgIpc) is 1.57. The Bertz CT molecular complexity index is 3290. The van der Waals surface area contributed by atoms with E-state index in [1.807, 2.05) is 44.7 Å². The average molecular weight is 1290 g/mol. The third-order valence-corrected chi connectivity index (χ3v) is 26.6. The van der Waals surface area contributed by atoms with Gasteiger partial charge in [0, 0.05) is 144 Å². The van der Waals surface area contributed by atoms with Crippen LogP contribution in [0, 0.1) is 51.2 Å². The molecule has 0 bridgehead atoms. The summed E-state index contributed by atoms with van der Waals surface area (Å²) < 4.78 is 84.1. The van der Waals surface area contributed by atoms with Crippen LogP contribution in [0.4, 0.5) is 8.78 Å². The van der Waals surface area contributed by atoms with Crippen molar-refractivity contribution in [3.8, 4) is 0 Å². The third kappa shape index (κ3) is 14.9. The molecule has 6 saturated heterocycles. The fourth-order valence-corrected chi connectivity index (χ4v) is 19.7. The first kappa shape index (κ1) is 69.8. The van der Waals surface area contributed by atoms with Crippen LogP contribution < -0.4 is 0 Å². The number of likely N-dealkylation sites (tertiary alicyclic amines) is 2. The molecule has 2 aromatic carbocycles. The predicted octanol–water partition coefficient (Wildman–Crippen LogP) is 9.48. The van der Waals surface area contributed by atoms with E-state index in [0.717, 1.165) is 169 Å². The van der Waals surface area contributed by atoms with E-state index < -0.39 is 26.3 Å². The van der Waals surface area contributed by atoms with Gasteiger partial charge in [-0.3, -0.25) is 29.3 Å². The van der Waals surface area contributed by atoms with Crippen LogP contribution in [0.1, 0.15) is 188 Å². The molecule has 0 radical (unpaired) electrons. The van der Waals surface area contributed by atoms with Crippen molar-refractivity contribution in [1.82, 2.24) is 57.9 Å². The second kappa shape index (κ2) is 28.6. The lowest BCUT2D eigenvalue weighted by Gasteiger charge is -2.54. The molecule has 18 nitrogen and oxygen atoms in total. The molecule has 0 spiro atoms. The van der Waals surface area contributed by atoms with Crippen molar-refractivity contribution >= 4 is 26.0 Å². The predicted molar refractivity (Wildman–Crippen MR) is 350 cm³/mol. The number of aryl methyl sites for hydroxylation is 4. The number of piperidine rings is 4. The molecular formula is C68H104F2N12O6S2. The SMILES string of the molecule is C.C.Cc1ncnc(C)c1C(=O)N1CCC(C)(N2CCN([C@@H](c3cccc(F)c3)C3CCN(S(=O)(=O)C4CC4)CC3)[C@@H](C)C2)CC1.Cc1ncnc(C)c1[C@@H](O)N1CCC(C)(N2CCN([C@@H](c3cccc(F)c3)C3CCN(S(=O)(=O)C4CC4)CC3)[C@@H](C)C2)CC1. The van der Waals surface area contributed by atoms with Gasteiger partial charge in [-0.1, -0.05) is 39.1 Å². The topological polar surface area (TPSA) is 183 Å². The van der Waals surface area contributed by atoms with Crippen LogP contribution in [0.5, 0.6) is 0 Å². The van der Waals surface area contributed by atoms with Crippen LogP contribution in [0.3, 0.4) is 0 Å². The molecule has 4 aromatic rings. The first-order chi connectivity index (χ1) is 42.0. The molecule has 12 rings (SSSR count). The largest absolute Gasteiger partial charge is 0.374 e. The molecule has 2 saturated carbocycles. The molecule has 1 amide bonds. The second-order valence-corrected chi connectivity index (χ2v) is 32.0. The van der Waals surface area contributed by atoms with E-state index in [0.29, 0.717) is 44.8 Å². The maximum atomic E-state index is 14.5. The highest BCUT2D eigenvalue weighted by molar-refractivity contribution is 7.90. The van der Waals surface area contributed by atoms with Crippen LogP contribution in [0.25, 0.3) is 0 Å². The summed E-state index contributed by atoms with van der Waals surface area (Å²) >= 11 is 0. The van der Waals surface area contributed by atoms with Crippen LogP contribution in [-0.4, -0.2) is 211 Å². The minimum atomic E-state index is -3.18. The summed E-state index contributed by atoms with van der Waals surface area (Å²) in [4.78, 5) is 44.9. The maximum Gasteiger partial charge on any atom is 0.257 e. The van der Waals surface area contributed by atoms with Gasteiger partial charge in [-0.2, -0.15) is 0 Å². The van der Waals surface area contributed by atoms with E-state index in [1.165, 1.54) is 18.5 Å². The lowest BCUT2D eigenvalue weighted by atomic mass is 9.82. The number of piperazine rings is 2. The number of aliphatic hydroxyl groups is 1.